The third-order valence-corrected chi connectivity index (χ3v) is 6.05. The second-order valence-corrected chi connectivity index (χ2v) is 8.32. The molecule has 0 atom stereocenters. The Kier molecular flexibility index (Phi) is 5.81. The number of alkyl halides is 3. The lowest BCUT2D eigenvalue weighted by Crippen LogP contribution is -2.26. The van der Waals surface area contributed by atoms with Crippen molar-refractivity contribution < 1.29 is 27.2 Å². The summed E-state index contributed by atoms with van der Waals surface area (Å²) in [5.74, 6) is -2.17. The van der Waals surface area contributed by atoms with Crippen LogP contribution >= 0.6 is 0 Å². The van der Waals surface area contributed by atoms with Crippen LogP contribution in [0.1, 0.15) is 76.4 Å². The highest BCUT2D eigenvalue weighted by atomic mass is 19.4. The van der Waals surface area contributed by atoms with Crippen molar-refractivity contribution in [1.82, 2.24) is 10.3 Å². The van der Waals surface area contributed by atoms with E-state index in [1.54, 1.807) is 12.3 Å². The van der Waals surface area contributed by atoms with Crippen LogP contribution < -0.4 is 5.32 Å². The number of aromatic nitrogens is 1. The summed E-state index contributed by atoms with van der Waals surface area (Å²) in [6.45, 7) is 0. The Hall–Kier alpha value is -2.77. The molecule has 31 heavy (non-hydrogen) atoms. The first-order valence-corrected chi connectivity index (χ1v) is 10.4. The van der Waals surface area contributed by atoms with Gasteiger partial charge in [0.05, 0.1) is 5.56 Å². The molecular formula is C23H22F4N2O2. The molecule has 2 aliphatic carbocycles. The van der Waals surface area contributed by atoms with E-state index in [1.165, 1.54) is 0 Å². The number of pyridine rings is 1. The van der Waals surface area contributed by atoms with Gasteiger partial charge < -0.3 is 5.32 Å². The molecule has 4 rings (SSSR count). The van der Waals surface area contributed by atoms with Crippen LogP contribution in [0.4, 0.5) is 17.6 Å². The van der Waals surface area contributed by atoms with Crippen LogP contribution in [0.5, 0.6) is 0 Å². The maximum Gasteiger partial charge on any atom is 0.417 e. The zero-order chi connectivity index (χ0) is 22.2. The van der Waals surface area contributed by atoms with Crippen LogP contribution in [-0.4, -0.2) is 22.7 Å². The van der Waals surface area contributed by atoms with Gasteiger partial charge in [0.2, 0.25) is 0 Å². The fraction of sp³-hybridized carbons (Fsp3) is 0.435. The molecule has 1 amide bonds. The highest BCUT2D eigenvalue weighted by Gasteiger charge is 2.38. The monoisotopic (exact) mass is 434 g/mol. The molecule has 8 heteroatoms. The predicted molar refractivity (Wildman–Crippen MR) is 105 cm³/mol. The van der Waals surface area contributed by atoms with E-state index in [1.807, 2.05) is 6.07 Å². The van der Waals surface area contributed by atoms with Crippen molar-refractivity contribution in [3.05, 3.63) is 64.7 Å². The minimum absolute atomic E-state index is 0.117. The predicted octanol–water partition coefficient (Wildman–Crippen LogP) is 5.29. The third kappa shape index (κ3) is 4.94. The number of nitrogens with one attached hydrogen (secondary N) is 1. The van der Waals surface area contributed by atoms with E-state index in [4.69, 9.17) is 0 Å². The van der Waals surface area contributed by atoms with Crippen LogP contribution in [0.3, 0.4) is 0 Å². The van der Waals surface area contributed by atoms with Crippen molar-refractivity contribution in [1.29, 1.82) is 0 Å². The summed E-state index contributed by atoms with van der Waals surface area (Å²) >= 11 is 0. The summed E-state index contributed by atoms with van der Waals surface area (Å²) in [6, 6.07) is 5.80. The van der Waals surface area contributed by atoms with Gasteiger partial charge in [0.25, 0.3) is 5.91 Å². The first kappa shape index (κ1) is 21.5. The normalized spacial score (nSPS) is 21.5. The molecule has 0 unspecified atom stereocenters. The molecule has 0 bridgehead atoms. The second kappa shape index (κ2) is 8.40. The SMILES string of the molecule is O=C(NC1CC1)c1ccc(C2CCC(C(=O)c3cc(F)ccc3C(F)(F)F)CC2)cn1. The molecule has 0 aliphatic heterocycles. The summed E-state index contributed by atoms with van der Waals surface area (Å²) < 4.78 is 53.3. The third-order valence-electron chi connectivity index (χ3n) is 6.05. The Morgan fingerprint density at radius 1 is 0.968 bits per heavy atom. The van der Waals surface area contributed by atoms with Gasteiger partial charge in [-0.1, -0.05) is 6.07 Å². The molecule has 2 saturated carbocycles. The molecule has 2 aromatic rings. The number of carbonyl (C=O) groups excluding carboxylic acids is 2. The van der Waals surface area contributed by atoms with E-state index in [0.717, 1.165) is 24.5 Å². The van der Waals surface area contributed by atoms with Gasteiger partial charge >= 0.3 is 6.18 Å². The Bertz CT molecular complexity index is 976. The minimum Gasteiger partial charge on any atom is -0.348 e. The molecule has 2 fully saturated rings. The number of benzene rings is 1. The lowest BCUT2D eigenvalue weighted by molar-refractivity contribution is -0.138. The van der Waals surface area contributed by atoms with Crippen LogP contribution in [0.2, 0.25) is 0 Å². The summed E-state index contributed by atoms with van der Waals surface area (Å²) in [4.78, 5) is 29.0. The number of ketones is 1. The van der Waals surface area contributed by atoms with Crippen LogP contribution in [-0.2, 0) is 6.18 Å². The lowest BCUT2D eigenvalue weighted by atomic mass is 9.76. The van der Waals surface area contributed by atoms with E-state index >= 15 is 0 Å². The quantitative estimate of drug-likeness (QED) is 0.514. The Morgan fingerprint density at radius 3 is 2.26 bits per heavy atom. The van der Waals surface area contributed by atoms with E-state index in [2.05, 4.69) is 10.3 Å². The van der Waals surface area contributed by atoms with Gasteiger partial charge in [0.15, 0.2) is 5.78 Å². The summed E-state index contributed by atoms with van der Waals surface area (Å²) in [5, 5.41) is 2.88. The van der Waals surface area contributed by atoms with Gasteiger partial charge in [-0.05, 0) is 74.3 Å². The maximum absolute atomic E-state index is 13.6. The van der Waals surface area contributed by atoms with Gasteiger partial charge in [-0.25, -0.2) is 4.39 Å². The van der Waals surface area contributed by atoms with Gasteiger partial charge in [-0.2, -0.15) is 13.2 Å². The van der Waals surface area contributed by atoms with Crippen molar-refractivity contribution in [2.45, 2.75) is 56.7 Å². The van der Waals surface area contributed by atoms with E-state index in [9.17, 15) is 27.2 Å². The number of amides is 1. The van der Waals surface area contributed by atoms with Crippen LogP contribution in [0.25, 0.3) is 0 Å². The molecule has 0 radical (unpaired) electrons. The summed E-state index contributed by atoms with van der Waals surface area (Å²) in [5.41, 5.74) is -0.394. The summed E-state index contributed by atoms with van der Waals surface area (Å²) in [6.07, 6.45) is 0.989. The van der Waals surface area contributed by atoms with E-state index in [-0.39, 0.29) is 17.9 Å². The number of hydrogen-bond acceptors (Lipinski definition) is 3. The molecule has 1 aromatic heterocycles. The molecule has 4 nitrogen and oxygen atoms in total. The Labute approximate surface area is 177 Å². The lowest BCUT2D eigenvalue weighted by Gasteiger charge is -2.28. The number of rotatable bonds is 5. The number of halogens is 4. The van der Waals surface area contributed by atoms with Gasteiger partial charge in [-0.3, -0.25) is 14.6 Å². The average molecular weight is 434 g/mol. The number of carbonyl (C=O) groups is 2. The Balaban J connectivity index is 1.40. The first-order chi connectivity index (χ1) is 14.7. The Morgan fingerprint density at radius 2 is 1.68 bits per heavy atom. The zero-order valence-electron chi connectivity index (χ0n) is 16.7. The van der Waals surface area contributed by atoms with Crippen molar-refractivity contribution in [3.8, 4) is 0 Å². The molecule has 1 heterocycles. The van der Waals surface area contributed by atoms with E-state index < -0.39 is 34.8 Å². The van der Waals surface area contributed by atoms with E-state index in [0.29, 0.717) is 43.5 Å². The fourth-order valence-corrected chi connectivity index (χ4v) is 4.14. The topological polar surface area (TPSA) is 59.1 Å². The zero-order valence-corrected chi connectivity index (χ0v) is 16.7. The van der Waals surface area contributed by atoms with Gasteiger partial charge in [0, 0.05) is 23.7 Å². The van der Waals surface area contributed by atoms with Crippen molar-refractivity contribution in [2.75, 3.05) is 0 Å². The molecule has 2 aliphatic rings. The van der Waals surface area contributed by atoms with Crippen molar-refractivity contribution >= 4 is 11.7 Å². The fourth-order valence-electron chi connectivity index (χ4n) is 4.14. The summed E-state index contributed by atoms with van der Waals surface area (Å²) in [7, 11) is 0. The molecule has 0 saturated heterocycles. The number of nitrogens with zero attached hydrogens (tertiary/aromatic N) is 1. The number of hydrogen-bond donors (Lipinski definition) is 1. The van der Waals surface area contributed by atoms with Crippen LogP contribution in [0, 0.1) is 11.7 Å². The smallest absolute Gasteiger partial charge is 0.348 e. The standard InChI is InChI=1S/C23H22F4N2O2/c24-16-6-9-19(23(25,26)27)18(11-16)21(30)14-3-1-13(2-4-14)15-5-10-20(28-12-15)22(31)29-17-7-8-17/h5-6,9-14,17H,1-4,7-8H2,(H,29,31). The molecular weight excluding hydrogens is 412 g/mol. The molecule has 1 N–H and O–H groups in total. The largest absolute Gasteiger partial charge is 0.417 e. The molecule has 1 aromatic carbocycles. The van der Waals surface area contributed by atoms with Gasteiger partial charge in [0.1, 0.15) is 11.5 Å². The van der Waals surface area contributed by atoms with Crippen molar-refractivity contribution in [2.24, 2.45) is 5.92 Å². The van der Waals surface area contributed by atoms with Crippen LogP contribution in [0.15, 0.2) is 36.5 Å². The maximum atomic E-state index is 13.6. The van der Waals surface area contributed by atoms with Gasteiger partial charge in [-0.15, -0.1) is 0 Å². The highest BCUT2D eigenvalue weighted by molar-refractivity contribution is 5.99. The highest BCUT2D eigenvalue weighted by Crippen LogP contribution is 2.39. The number of Topliss-reactive ketones (excluding diaryl/α,β-unsaturated/α-hetero) is 1. The average Bonchev–Trinajstić information content (AvgIpc) is 3.56. The first-order valence-electron chi connectivity index (χ1n) is 10.4. The second-order valence-electron chi connectivity index (χ2n) is 8.32. The van der Waals surface area contributed by atoms with Crippen molar-refractivity contribution in [3.63, 3.8) is 0 Å². The molecule has 0 spiro atoms. The minimum atomic E-state index is -4.71. The molecule has 164 valence electrons.